The Morgan fingerprint density at radius 1 is 1.14 bits per heavy atom. The van der Waals surface area contributed by atoms with Crippen LogP contribution in [0, 0.1) is 0 Å². The van der Waals surface area contributed by atoms with Crippen LogP contribution in [-0.2, 0) is 9.59 Å². The van der Waals surface area contributed by atoms with E-state index in [-0.39, 0.29) is 11.5 Å². The third kappa shape index (κ3) is 5.97. The van der Waals surface area contributed by atoms with E-state index >= 15 is 0 Å². The van der Waals surface area contributed by atoms with E-state index in [0.29, 0.717) is 16.7 Å². The molecule has 1 aromatic carbocycles. The standard InChI is InChI=1S/C16H21BrN2O3/c1-3-4-5-6-9-18-16(22)15(21)13-10-12(17)7-8-14(13)19-11(2)20/h7-8,10H,3-6,9H2,1-2H3,(H,18,22)(H,19,20). The molecule has 0 aliphatic heterocycles. The van der Waals surface area contributed by atoms with Crippen LogP contribution in [0.15, 0.2) is 22.7 Å². The van der Waals surface area contributed by atoms with Crippen LogP contribution in [-0.4, -0.2) is 24.1 Å². The normalized spacial score (nSPS) is 10.1. The van der Waals surface area contributed by atoms with Gasteiger partial charge in [-0.2, -0.15) is 0 Å². The molecule has 0 aliphatic carbocycles. The summed E-state index contributed by atoms with van der Waals surface area (Å²) < 4.78 is 0.667. The van der Waals surface area contributed by atoms with Gasteiger partial charge in [0.2, 0.25) is 5.91 Å². The first-order valence-electron chi connectivity index (χ1n) is 7.35. The molecule has 0 atom stereocenters. The number of rotatable bonds is 8. The molecule has 0 bridgehead atoms. The average molecular weight is 369 g/mol. The van der Waals surface area contributed by atoms with Crippen molar-refractivity contribution in [3.05, 3.63) is 28.2 Å². The molecular weight excluding hydrogens is 348 g/mol. The minimum atomic E-state index is -0.652. The molecule has 1 aromatic rings. The van der Waals surface area contributed by atoms with Crippen LogP contribution in [0.5, 0.6) is 0 Å². The van der Waals surface area contributed by atoms with Gasteiger partial charge in [0.15, 0.2) is 0 Å². The van der Waals surface area contributed by atoms with Crippen molar-refractivity contribution >= 4 is 39.2 Å². The highest BCUT2D eigenvalue weighted by atomic mass is 79.9. The number of carbonyl (C=O) groups excluding carboxylic acids is 3. The number of hydrogen-bond donors (Lipinski definition) is 2. The van der Waals surface area contributed by atoms with Crippen molar-refractivity contribution in [1.82, 2.24) is 5.32 Å². The lowest BCUT2D eigenvalue weighted by atomic mass is 10.1. The van der Waals surface area contributed by atoms with E-state index in [0.717, 1.165) is 25.7 Å². The predicted molar refractivity (Wildman–Crippen MR) is 89.9 cm³/mol. The minimum absolute atomic E-state index is 0.177. The van der Waals surface area contributed by atoms with Crippen LogP contribution in [0.2, 0.25) is 0 Å². The van der Waals surface area contributed by atoms with Gasteiger partial charge in [-0.05, 0) is 24.6 Å². The molecule has 2 amide bonds. The molecular formula is C16H21BrN2O3. The van der Waals surface area contributed by atoms with Crippen LogP contribution in [0.25, 0.3) is 0 Å². The first kappa shape index (κ1) is 18.4. The zero-order valence-corrected chi connectivity index (χ0v) is 14.5. The van der Waals surface area contributed by atoms with Crippen molar-refractivity contribution in [2.45, 2.75) is 39.5 Å². The molecule has 0 aliphatic rings. The highest BCUT2D eigenvalue weighted by Crippen LogP contribution is 2.21. The molecule has 22 heavy (non-hydrogen) atoms. The summed E-state index contributed by atoms with van der Waals surface area (Å²) in [5, 5.41) is 5.18. The minimum Gasteiger partial charge on any atom is -0.349 e. The fraction of sp³-hybridized carbons (Fsp3) is 0.438. The van der Waals surface area contributed by atoms with Gasteiger partial charge in [-0.1, -0.05) is 42.1 Å². The molecule has 6 heteroatoms. The number of unbranched alkanes of at least 4 members (excludes halogenated alkanes) is 3. The third-order valence-corrected chi connectivity index (χ3v) is 3.55. The third-order valence-electron chi connectivity index (χ3n) is 3.06. The van der Waals surface area contributed by atoms with Crippen molar-refractivity contribution in [2.75, 3.05) is 11.9 Å². The molecule has 0 unspecified atom stereocenters. The number of benzene rings is 1. The lowest BCUT2D eigenvalue weighted by Crippen LogP contribution is -2.32. The second-order valence-electron chi connectivity index (χ2n) is 5.02. The first-order chi connectivity index (χ1) is 10.5. The van der Waals surface area contributed by atoms with Crippen LogP contribution in [0.3, 0.4) is 0 Å². The summed E-state index contributed by atoms with van der Waals surface area (Å²) in [6, 6.07) is 4.82. The van der Waals surface area contributed by atoms with Gasteiger partial charge in [-0.25, -0.2) is 0 Å². The maximum Gasteiger partial charge on any atom is 0.292 e. The number of carbonyl (C=O) groups is 3. The molecule has 120 valence electrons. The van der Waals surface area contributed by atoms with Gasteiger partial charge in [-0.3, -0.25) is 14.4 Å². The second kappa shape index (κ2) is 9.35. The van der Waals surface area contributed by atoms with Crippen LogP contribution in [0.4, 0.5) is 5.69 Å². The van der Waals surface area contributed by atoms with Gasteiger partial charge >= 0.3 is 0 Å². The van der Waals surface area contributed by atoms with E-state index in [1.807, 2.05) is 0 Å². The number of halogens is 1. The van der Waals surface area contributed by atoms with E-state index in [1.165, 1.54) is 13.0 Å². The van der Waals surface area contributed by atoms with Gasteiger partial charge in [0.1, 0.15) is 0 Å². The molecule has 0 heterocycles. The molecule has 2 N–H and O–H groups in total. The smallest absolute Gasteiger partial charge is 0.292 e. The topological polar surface area (TPSA) is 75.3 Å². The van der Waals surface area contributed by atoms with Gasteiger partial charge < -0.3 is 10.6 Å². The average Bonchev–Trinajstić information content (AvgIpc) is 2.47. The highest BCUT2D eigenvalue weighted by molar-refractivity contribution is 9.10. The van der Waals surface area contributed by atoms with Crippen molar-refractivity contribution in [2.24, 2.45) is 0 Å². The summed E-state index contributed by atoms with van der Waals surface area (Å²) in [4.78, 5) is 35.4. The van der Waals surface area contributed by atoms with Crippen molar-refractivity contribution in [1.29, 1.82) is 0 Å². The summed E-state index contributed by atoms with van der Waals surface area (Å²) in [6.45, 7) is 3.94. The fourth-order valence-corrected chi connectivity index (χ4v) is 2.32. The molecule has 0 aromatic heterocycles. The summed E-state index contributed by atoms with van der Waals surface area (Å²) in [5.74, 6) is -1.60. The number of anilines is 1. The second-order valence-corrected chi connectivity index (χ2v) is 5.93. The van der Waals surface area contributed by atoms with Gasteiger partial charge in [-0.15, -0.1) is 0 Å². The summed E-state index contributed by atoms with van der Waals surface area (Å²) in [5.41, 5.74) is 0.512. The summed E-state index contributed by atoms with van der Waals surface area (Å²) in [6.07, 6.45) is 4.11. The van der Waals surface area contributed by atoms with E-state index in [9.17, 15) is 14.4 Å². The molecule has 1 rings (SSSR count). The number of hydrogen-bond acceptors (Lipinski definition) is 3. The summed E-state index contributed by atoms with van der Waals surface area (Å²) in [7, 11) is 0. The van der Waals surface area contributed by atoms with Crippen LogP contribution in [0.1, 0.15) is 49.9 Å². The monoisotopic (exact) mass is 368 g/mol. The Balaban J connectivity index is 2.72. The SMILES string of the molecule is CCCCCCNC(=O)C(=O)c1cc(Br)ccc1NC(C)=O. The first-order valence-corrected chi connectivity index (χ1v) is 8.14. The quantitative estimate of drug-likeness (QED) is 0.420. The zero-order valence-electron chi connectivity index (χ0n) is 12.9. The fourth-order valence-electron chi connectivity index (χ4n) is 1.96. The van der Waals surface area contributed by atoms with Gasteiger partial charge in [0.25, 0.3) is 11.7 Å². The molecule has 0 fully saturated rings. The largest absolute Gasteiger partial charge is 0.349 e. The Bertz CT molecular complexity index is 558. The van der Waals surface area contributed by atoms with Crippen molar-refractivity contribution in [3.63, 3.8) is 0 Å². The Hall–Kier alpha value is -1.69. The molecule has 0 spiro atoms. The van der Waals surface area contributed by atoms with Crippen LogP contribution < -0.4 is 10.6 Å². The molecule has 0 saturated carbocycles. The number of Topliss-reactive ketones (excluding diaryl/α,β-unsaturated/α-hetero) is 1. The molecule has 0 radical (unpaired) electrons. The Kier molecular flexibility index (Phi) is 7.80. The maximum atomic E-state index is 12.2. The summed E-state index contributed by atoms with van der Waals surface area (Å²) >= 11 is 3.26. The zero-order chi connectivity index (χ0) is 16.5. The van der Waals surface area contributed by atoms with E-state index in [1.54, 1.807) is 12.1 Å². The lowest BCUT2D eigenvalue weighted by Gasteiger charge is -2.10. The number of nitrogens with one attached hydrogen (secondary N) is 2. The van der Waals surface area contributed by atoms with E-state index < -0.39 is 11.7 Å². The Labute approximate surface area is 139 Å². The van der Waals surface area contributed by atoms with E-state index in [4.69, 9.17) is 0 Å². The maximum absolute atomic E-state index is 12.2. The van der Waals surface area contributed by atoms with Crippen molar-refractivity contribution < 1.29 is 14.4 Å². The Morgan fingerprint density at radius 3 is 2.50 bits per heavy atom. The molecule has 5 nitrogen and oxygen atoms in total. The molecule has 0 saturated heterocycles. The van der Waals surface area contributed by atoms with Gasteiger partial charge in [0.05, 0.1) is 11.3 Å². The predicted octanol–water partition coefficient (Wildman–Crippen LogP) is 3.29. The number of amides is 2. The lowest BCUT2D eigenvalue weighted by molar-refractivity contribution is -0.117. The number of ketones is 1. The highest BCUT2D eigenvalue weighted by Gasteiger charge is 2.20. The van der Waals surface area contributed by atoms with Crippen molar-refractivity contribution in [3.8, 4) is 0 Å². The van der Waals surface area contributed by atoms with Crippen LogP contribution >= 0.6 is 15.9 Å². The Morgan fingerprint density at radius 2 is 1.86 bits per heavy atom. The van der Waals surface area contributed by atoms with Gasteiger partial charge in [0, 0.05) is 17.9 Å². The van der Waals surface area contributed by atoms with E-state index in [2.05, 4.69) is 33.5 Å².